The summed E-state index contributed by atoms with van der Waals surface area (Å²) in [4.78, 5) is 35.4. The van der Waals surface area contributed by atoms with E-state index < -0.39 is 23.9 Å². The minimum atomic E-state index is -1.27. The van der Waals surface area contributed by atoms with Gasteiger partial charge in [0.15, 0.2) is 5.82 Å². The van der Waals surface area contributed by atoms with Gasteiger partial charge in [-0.3, -0.25) is 4.79 Å². The van der Waals surface area contributed by atoms with Gasteiger partial charge in [0, 0.05) is 42.4 Å². The molecule has 1 saturated heterocycles. The van der Waals surface area contributed by atoms with Crippen molar-refractivity contribution in [1.29, 1.82) is 0 Å². The van der Waals surface area contributed by atoms with Crippen molar-refractivity contribution in [3.8, 4) is 17.3 Å². The first-order valence-electron chi connectivity index (χ1n) is 16.0. The molecule has 0 spiro atoms. The van der Waals surface area contributed by atoms with Crippen molar-refractivity contribution in [2.75, 3.05) is 20.2 Å². The molecule has 1 N–H and O–H groups in total. The highest BCUT2D eigenvalue weighted by atomic mass is 32.1. The zero-order chi connectivity index (χ0) is 32.0. The van der Waals surface area contributed by atoms with Gasteiger partial charge >= 0.3 is 6.09 Å². The number of methoxy groups -OCH3 is 1. The molecule has 6 rings (SSSR count). The van der Waals surface area contributed by atoms with Crippen LogP contribution in [0.25, 0.3) is 32.8 Å². The topological polar surface area (TPSA) is 90.6 Å². The highest BCUT2D eigenvalue weighted by molar-refractivity contribution is 7.18. The quantitative estimate of drug-likeness (QED) is 0.212. The van der Waals surface area contributed by atoms with Gasteiger partial charge < -0.3 is 28.8 Å². The van der Waals surface area contributed by atoms with Crippen LogP contribution < -0.4 is 10.1 Å². The number of halogens is 1. The Balaban J connectivity index is 1.31. The van der Waals surface area contributed by atoms with Crippen LogP contribution in [0.15, 0.2) is 24.3 Å². The van der Waals surface area contributed by atoms with E-state index >= 15 is 0 Å². The zero-order valence-electron chi connectivity index (χ0n) is 27.1. The minimum absolute atomic E-state index is 0.0508. The number of aryl methyl sites for hydroxylation is 2. The summed E-state index contributed by atoms with van der Waals surface area (Å²) in [5.41, 5.74) is 2.18. The predicted octanol–water partition coefficient (Wildman–Crippen LogP) is 7.10. The van der Waals surface area contributed by atoms with Gasteiger partial charge in [0.2, 0.25) is 0 Å². The molecular formula is C34H44FN5O4S. The Morgan fingerprint density at radius 2 is 1.93 bits per heavy atom. The van der Waals surface area contributed by atoms with Crippen LogP contribution in [0.1, 0.15) is 75.0 Å². The number of imidazole rings is 1. The summed E-state index contributed by atoms with van der Waals surface area (Å²) in [6.45, 7) is 8.63. The number of carbonyl (C=O) groups is 2. The Labute approximate surface area is 267 Å². The lowest BCUT2D eigenvalue weighted by Crippen LogP contribution is -2.54. The molecule has 4 aromatic rings. The number of rotatable bonds is 9. The summed E-state index contributed by atoms with van der Waals surface area (Å²) in [5.74, 6) is 1.69. The van der Waals surface area contributed by atoms with Gasteiger partial charge in [0.05, 0.1) is 30.9 Å². The fourth-order valence-electron chi connectivity index (χ4n) is 6.28. The number of unbranched alkanes of at least 4 members (excludes halogenated alkanes) is 1. The van der Waals surface area contributed by atoms with Crippen molar-refractivity contribution in [3.05, 3.63) is 34.7 Å². The van der Waals surface area contributed by atoms with Gasteiger partial charge in [-0.15, -0.1) is 11.3 Å². The van der Waals surface area contributed by atoms with Crippen LogP contribution in [0.5, 0.6) is 5.75 Å². The van der Waals surface area contributed by atoms with Gasteiger partial charge in [-0.05, 0) is 76.6 Å². The van der Waals surface area contributed by atoms with Crippen LogP contribution in [0.4, 0.5) is 9.18 Å². The van der Waals surface area contributed by atoms with Gasteiger partial charge in [-0.1, -0.05) is 13.3 Å². The summed E-state index contributed by atoms with van der Waals surface area (Å²) in [6.07, 6.45) is 4.19. The number of amides is 2. The highest BCUT2D eigenvalue weighted by Crippen LogP contribution is 2.40. The number of piperidine rings is 1. The van der Waals surface area contributed by atoms with Crippen molar-refractivity contribution in [2.24, 2.45) is 13.0 Å². The molecule has 9 nitrogen and oxygen atoms in total. The summed E-state index contributed by atoms with van der Waals surface area (Å²) in [7, 11) is 3.56. The van der Waals surface area contributed by atoms with Gasteiger partial charge in [0.25, 0.3) is 5.91 Å². The number of hydrogen-bond acceptors (Lipinski definition) is 6. The second kappa shape index (κ2) is 12.3. The molecular weight excluding hydrogens is 593 g/mol. The SMILES string of the molecule is CCCCc1cc2cc(-c3nc4cc(C(=O)N5C[C@H](F)C[C@@H](NC(=O)OC(C)(C)C)C5)cc(OC)c4n3C)n(CC3CC3)c2s1. The molecule has 2 amide bonds. The maximum atomic E-state index is 14.8. The van der Waals surface area contributed by atoms with Gasteiger partial charge in [-0.25, -0.2) is 14.2 Å². The molecule has 2 aliphatic rings. The minimum Gasteiger partial charge on any atom is -0.494 e. The smallest absolute Gasteiger partial charge is 0.407 e. The van der Waals surface area contributed by atoms with Gasteiger partial charge in [0.1, 0.15) is 27.9 Å². The van der Waals surface area contributed by atoms with E-state index in [2.05, 4.69) is 28.9 Å². The van der Waals surface area contributed by atoms with E-state index in [4.69, 9.17) is 14.5 Å². The standard InChI is InChI=1S/C34H44FN5O4S/c1-7-8-9-25-12-22-14-27(40(32(22)45-25)17-20-10-11-20)30-37-26-13-21(15-28(43-6)29(26)38(30)5)31(41)39-18-23(35)16-24(19-39)36-33(42)44-34(2,3)4/h12-15,20,23-24H,7-11,16-19H2,1-6H3,(H,36,42)/t23-,24-/m1/s1. The summed E-state index contributed by atoms with van der Waals surface area (Å²) < 4.78 is 30.5. The Morgan fingerprint density at radius 3 is 2.62 bits per heavy atom. The average molecular weight is 638 g/mol. The molecule has 1 aliphatic carbocycles. The number of aromatic nitrogens is 3. The second-order valence-electron chi connectivity index (χ2n) is 13.6. The molecule has 1 aliphatic heterocycles. The number of fused-ring (bicyclic) bond motifs is 2. The third-order valence-electron chi connectivity index (χ3n) is 8.57. The van der Waals surface area contributed by atoms with E-state index in [0.717, 1.165) is 30.0 Å². The maximum Gasteiger partial charge on any atom is 0.407 e. The Hall–Kier alpha value is -3.60. The van der Waals surface area contributed by atoms with Crippen molar-refractivity contribution in [2.45, 2.75) is 90.6 Å². The second-order valence-corrected chi connectivity index (χ2v) is 14.7. The normalized spacial score (nSPS) is 19.0. The van der Waals surface area contributed by atoms with Crippen molar-refractivity contribution in [3.63, 3.8) is 0 Å². The third kappa shape index (κ3) is 6.68. The molecule has 0 radical (unpaired) electrons. The molecule has 0 bridgehead atoms. The average Bonchev–Trinajstić information content (AvgIpc) is 3.49. The number of nitrogens with one attached hydrogen (secondary N) is 1. The van der Waals surface area contributed by atoms with Crippen LogP contribution in [0.3, 0.4) is 0 Å². The molecule has 2 fully saturated rings. The summed E-state index contributed by atoms with van der Waals surface area (Å²) >= 11 is 1.88. The molecule has 4 heterocycles. The first-order chi connectivity index (χ1) is 21.4. The van der Waals surface area contributed by atoms with E-state index in [1.807, 2.05) is 23.0 Å². The van der Waals surface area contributed by atoms with Crippen molar-refractivity contribution in [1.82, 2.24) is 24.3 Å². The van der Waals surface area contributed by atoms with Crippen LogP contribution in [0, 0.1) is 5.92 Å². The van der Waals surface area contributed by atoms with E-state index in [1.54, 1.807) is 40.0 Å². The van der Waals surface area contributed by atoms with Crippen LogP contribution >= 0.6 is 11.3 Å². The summed E-state index contributed by atoms with van der Waals surface area (Å²) in [6, 6.07) is 7.48. The zero-order valence-corrected chi connectivity index (χ0v) is 27.9. The largest absolute Gasteiger partial charge is 0.494 e. The number of ether oxygens (including phenoxy) is 2. The molecule has 242 valence electrons. The lowest BCUT2D eigenvalue weighted by molar-refractivity contribution is 0.0394. The fraction of sp³-hybridized carbons (Fsp3) is 0.559. The van der Waals surface area contributed by atoms with Crippen LogP contribution in [0.2, 0.25) is 0 Å². The van der Waals surface area contributed by atoms with Crippen molar-refractivity contribution >= 4 is 44.6 Å². The number of hydrogen-bond donors (Lipinski definition) is 1. The number of alkyl carbamates (subject to hydrolysis) is 1. The first-order valence-corrected chi connectivity index (χ1v) is 16.8. The predicted molar refractivity (Wildman–Crippen MR) is 176 cm³/mol. The van der Waals surface area contributed by atoms with Gasteiger partial charge in [-0.2, -0.15) is 0 Å². The molecule has 3 aromatic heterocycles. The number of likely N-dealkylation sites (tertiary alicyclic amines) is 1. The van der Waals surface area contributed by atoms with E-state index in [-0.39, 0.29) is 25.4 Å². The van der Waals surface area contributed by atoms with E-state index in [1.165, 1.54) is 45.7 Å². The van der Waals surface area contributed by atoms with Crippen LogP contribution in [-0.4, -0.2) is 69.0 Å². The number of benzene rings is 1. The Bertz CT molecular complexity index is 1730. The van der Waals surface area contributed by atoms with Crippen molar-refractivity contribution < 1.29 is 23.5 Å². The van der Waals surface area contributed by atoms with E-state index in [9.17, 15) is 14.0 Å². The monoisotopic (exact) mass is 637 g/mol. The summed E-state index contributed by atoms with van der Waals surface area (Å²) in [5, 5.41) is 3.98. The number of carbonyl (C=O) groups excluding carboxylic acids is 2. The van der Waals surface area contributed by atoms with E-state index in [0.29, 0.717) is 22.7 Å². The molecule has 1 aromatic carbocycles. The van der Waals surface area contributed by atoms with Crippen LogP contribution in [-0.2, 0) is 24.8 Å². The first kappa shape index (κ1) is 31.4. The number of thiophene rings is 1. The molecule has 45 heavy (non-hydrogen) atoms. The lowest BCUT2D eigenvalue weighted by atomic mass is 10.0. The maximum absolute atomic E-state index is 14.8. The molecule has 2 atom stereocenters. The molecule has 11 heteroatoms. The highest BCUT2D eigenvalue weighted by Gasteiger charge is 2.33. The fourth-order valence-corrected chi connectivity index (χ4v) is 7.48. The lowest BCUT2D eigenvalue weighted by Gasteiger charge is -2.35. The Morgan fingerprint density at radius 1 is 1.16 bits per heavy atom. The number of alkyl halides is 1. The number of nitrogens with zero attached hydrogens (tertiary/aromatic N) is 4. The molecule has 1 saturated carbocycles. The molecule has 0 unspecified atom stereocenters. The third-order valence-corrected chi connectivity index (χ3v) is 9.81. The Kier molecular flexibility index (Phi) is 8.58.